The topological polar surface area (TPSA) is 26.3 Å². The van der Waals surface area contributed by atoms with Crippen molar-refractivity contribution in [3.8, 4) is 44.5 Å². The Morgan fingerprint density at radius 1 is 0.305 bits per heavy atom. The second-order valence-corrected chi connectivity index (χ2v) is 16.3. The summed E-state index contributed by atoms with van der Waals surface area (Å²) in [6, 6.07) is 71.5. The predicted octanol–water partition coefficient (Wildman–Crippen LogP) is 15.5. The highest BCUT2D eigenvalue weighted by Gasteiger charge is 2.53. The molecule has 12 aromatic rings. The van der Waals surface area contributed by atoms with Gasteiger partial charge >= 0.3 is 0 Å². The van der Waals surface area contributed by atoms with Gasteiger partial charge in [-0.1, -0.05) is 146 Å². The lowest BCUT2D eigenvalue weighted by atomic mass is 9.69. The fourth-order valence-corrected chi connectivity index (χ4v) is 11.1. The SMILES string of the molecule is c1ccc2c(c1)-c1ccccc1C21c2ccccc2-c2c(-c3ccc4oc5ccccc5c4c3)cc3ccc(-c4cccc5oc6cc7ccccc7cc6c45)cc3c21. The molecule has 0 atom stereocenters. The van der Waals surface area contributed by atoms with E-state index in [0.717, 1.165) is 43.9 Å². The second kappa shape index (κ2) is 11.2. The molecule has 2 aliphatic carbocycles. The summed E-state index contributed by atoms with van der Waals surface area (Å²) < 4.78 is 12.9. The van der Waals surface area contributed by atoms with E-state index in [2.05, 4.69) is 188 Å². The first-order chi connectivity index (χ1) is 29.2. The maximum absolute atomic E-state index is 6.59. The van der Waals surface area contributed by atoms with Gasteiger partial charge in [0.1, 0.15) is 22.3 Å². The van der Waals surface area contributed by atoms with Crippen LogP contribution in [0.2, 0.25) is 0 Å². The fourth-order valence-electron chi connectivity index (χ4n) is 11.1. The lowest BCUT2D eigenvalue weighted by molar-refractivity contribution is 0.669. The molecule has 1 spiro atoms. The molecule has 59 heavy (non-hydrogen) atoms. The van der Waals surface area contributed by atoms with Crippen LogP contribution in [0.4, 0.5) is 0 Å². The van der Waals surface area contributed by atoms with Crippen LogP contribution in [-0.4, -0.2) is 0 Å². The minimum atomic E-state index is -0.522. The van der Waals surface area contributed by atoms with Gasteiger partial charge in [0.15, 0.2) is 0 Å². The van der Waals surface area contributed by atoms with Crippen LogP contribution in [0.5, 0.6) is 0 Å². The van der Waals surface area contributed by atoms with Crippen molar-refractivity contribution in [2.45, 2.75) is 5.41 Å². The highest BCUT2D eigenvalue weighted by Crippen LogP contribution is 2.65. The van der Waals surface area contributed by atoms with Crippen LogP contribution >= 0.6 is 0 Å². The summed E-state index contributed by atoms with van der Waals surface area (Å²) in [5, 5.41) is 9.42. The van der Waals surface area contributed by atoms with Crippen LogP contribution < -0.4 is 0 Å². The van der Waals surface area contributed by atoms with Gasteiger partial charge in [-0.05, 0) is 137 Å². The van der Waals surface area contributed by atoms with E-state index in [-0.39, 0.29) is 0 Å². The standard InChI is InChI=1S/C57H32O2/c1-2-13-34-32-53-46(28-33(34)12-1)54-38(18-11-23-52(54)59-53)35-24-25-37-29-43(36-26-27-51-45(31-36)41-16-6-10-22-50(41)58-51)55-42-17-5-9-21-49(42)57(56(55)44(37)30-35)47-19-7-3-14-39(47)40-15-4-8-20-48(40)57/h1-32H. The zero-order valence-corrected chi connectivity index (χ0v) is 31.8. The molecule has 10 aromatic carbocycles. The van der Waals surface area contributed by atoms with Crippen molar-refractivity contribution < 1.29 is 8.83 Å². The maximum atomic E-state index is 6.59. The first-order valence-corrected chi connectivity index (χ1v) is 20.4. The summed E-state index contributed by atoms with van der Waals surface area (Å²) in [6.07, 6.45) is 0. The maximum Gasteiger partial charge on any atom is 0.136 e. The molecule has 14 rings (SSSR count). The molecule has 2 aliphatic rings. The number of hydrogen-bond donors (Lipinski definition) is 0. The summed E-state index contributed by atoms with van der Waals surface area (Å²) in [5.41, 5.74) is 18.4. The van der Waals surface area contributed by atoms with Gasteiger partial charge in [-0.25, -0.2) is 0 Å². The number of rotatable bonds is 2. The van der Waals surface area contributed by atoms with Crippen molar-refractivity contribution in [2.75, 3.05) is 0 Å². The minimum absolute atomic E-state index is 0.522. The van der Waals surface area contributed by atoms with Crippen LogP contribution in [0.25, 0.3) is 110 Å². The normalized spacial score (nSPS) is 13.6. The third kappa shape index (κ3) is 4.00. The number of para-hydroxylation sites is 1. The number of hydrogen-bond acceptors (Lipinski definition) is 2. The molecule has 0 N–H and O–H groups in total. The van der Waals surface area contributed by atoms with Gasteiger partial charge < -0.3 is 8.83 Å². The monoisotopic (exact) mass is 748 g/mol. The lowest BCUT2D eigenvalue weighted by Crippen LogP contribution is -2.26. The Kier molecular flexibility index (Phi) is 5.99. The zero-order chi connectivity index (χ0) is 38.4. The molecule has 0 radical (unpaired) electrons. The predicted molar refractivity (Wildman–Crippen MR) is 243 cm³/mol. The Balaban J connectivity index is 1.13. The average Bonchev–Trinajstić information content (AvgIpc) is 4.03. The molecule has 0 amide bonds. The molecule has 0 fully saturated rings. The van der Waals surface area contributed by atoms with Gasteiger partial charge in [0.25, 0.3) is 0 Å². The van der Waals surface area contributed by atoms with E-state index in [9.17, 15) is 0 Å². The highest BCUT2D eigenvalue weighted by atomic mass is 16.3. The van der Waals surface area contributed by atoms with Crippen LogP contribution in [0.15, 0.2) is 203 Å². The molecule has 2 heteroatoms. The van der Waals surface area contributed by atoms with Gasteiger partial charge in [-0.2, -0.15) is 0 Å². The molecular weight excluding hydrogens is 717 g/mol. The van der Waals surface area contributed by atoms with Crippen molar-refractivity contribution in [2.24, 2.45) is 0 Å². The zero-order valence-electron chi connectivity index (χ0n) is 31.8. The van der Waals surface area contributed by atoms with Crippen molar-refractivity contribution in [1.82, 2.24) is 0 Å². The summed E-state index contributed by atoms with van der Waals surface area (Å²) in [5.74, 6) is 0. The van der Waals surface area contributed by atoms with Gasteiger partial charge in [-0.15, -0.1) is 0 Å². The van der Waals surface area contributed by atoms with Crippen molar-refractivity contribution >= 4 is 65.4 Å². The molecule has 272 valence electrons. The van der Waals surface area contributed by atoms with Crippen molar-refractivity contribution in [1.29, 1.82) is 0 Å². The highest BCUT2D eigenvalue weighted by molar-refractivity contribution is 6.17. The van der Waals surface area contributed by atoms with Gasteiger partial charge in [-0.3, -0.25) is 0 Å². The Labute approximate surface area is 339 Å². The largest absolute Gasteiger partial charge is 0.456 e. The third-order valence-electron chi connectivity index (χ3n) is 13.4. The first kappa shape index (κ1) is 31.4. The Hall–Kier alpha value is -7.68. The Morgan fingerprint density at radius 2 is 0.881 bits per heavy atom. The summed E-state index contributed by atoms with van der Waals surface area (Å²) in [7, 11) is 0. The van der Waals surface area contributed by atoms with E-state index in [1.807, 2.05) is 6.07 Å². The van der Waals surface area contributed by atoms with Crippen LogP contribution in [0, 0.1) is 0 Å². The van der Waals surface area contributed by atoms with E-state index >= 15 is 0 Å². The Morgan fingerprint density at radius 3 is 1.69 bits per heavy atom. The second-order valence-electron chi connectivity index (χ2n) is 16.3. The fraction of sp³-hybridized carbons (Fsp3) is 0.0175. The Bertz CT molecular complexity index is 3750. The molecule has 2 heterocycles. The first-order valence-electron chi connectivity index (χ1n) is 20.4. The summed E-state index contributed by atoms with van der Waals surface area (Å²) in [6.45, 7) is 0. The van der Waals surface area contributed by atoms with E-state index < -0.39 is 5.41 Å². The van der Waals surface area contributed by atoms with Gasteiger partial charge in [0, 0.05) is 21.5 Å². The van der Waals surface area contributed by atoms with E-state index in [0.29, 0.717) is 0 Å². The average molecular weight is 749 g/mol. The van der Waals surface area contributed by atoms with Crippen molar-refractivity contribution in [3.05, 3.63) is 216 Å². The molecule has 2 nitrogen and oxygen atoms in total. The number of fused-ring (bicyclic) bond motifs is 19. The third-order valence-corrected chi connectivity index (χ3v) is 13.4. The molecule has 2 aromatic heterocycles. The quantitative estimate of drug-likeness (QED) is 0.176. The molecule has 0 bridgehead atoms. The minimum Gasteiger partial charge on any atom is -0.456 e. The number of furan rings is 2. The molecule has 0 saturated carbocycles. The van der Waals surface area contributed by atoms with Crippen molar-refractivity contribution in [3.63, 3.8) is 0 Å². The molecule has 0 aliphatic heterocycles. The smallest absolute Gasteiger partial charge is 0.136 e. The van der Waals surface area contributed by atoms with Crippen LogP contribution in [-0.2, 0) is 5.41 Å². The molecular formula is C57H32O2. The van der Waals surface area contributed by atoms with E-state index in [4.69, 9.17) is 8.83 Å². The summed E-state index contributed by atoms with van der Waals surface area (Å²) in [4.78, 5) is 0. The summed E-state index contributed by atoms with van der Waals surface area (Å²) >= 11 is 0. The van der Waals surface area contributed by atoms with Crippen LogP contribution in [0.3, 0.4) is 0 Å². The van der Waals surface area contributed by atoms with E-state index in [1.54, 1.807) is 0 Å². The number of benzene rings is 10. The molecule has 0 unspecified atom stereocenters. The van der Waals surface area contributed by atoms with E-state index in [1.165, 1.54) is 88.3 Å². The molecule has 0 saturated heterocycles. The lowest BCUT2D eigenvalue weighted by Gasteiger charge is -2.32. The van der Waals surface area contributed by atoms with Crippen LogP contribution in [0.1, 0.15) is 22.3 Å². The van der Waals surface area contributed by atoms with Gasteiger partial charge in [0.05, 0.1) is 5.41 Å². The van der Waals surface area contributed by atoms with Gasteiger partial charge in [0.2, 0.25) is 0 Å².